The summed E-state index contributed by atoms with van der Waals surface area (Å²) in [5.41, 5.74) is 0.486. The maximum atomic E-state index is 13.9. The van der Waals surface area contributed by atoms with Crippen molar-refractivity contribution in [2.45, 2.75) is 38.8 Å². The Balaban J connectivity index is 2.02. The molecule has 1 N–H and O–H groups in total. The summed E-state index contributed by atoms with van der Waals surface area (Å²) >= 11 is 0. The molecule has 0 bridgehead atoms. The van der Waals surface area contributed by atoms with Crippen molar-refractivity contribution in [1.82, 2.24) is 0 Å². The molecule has 0 saturated carbocycles. The van der Waals surface area contributed by atoms with Crippen LogP contribution < -0.4 is 14.4 Å². The number of rotatable bonds is 4. The molecule has 0 amide bonds. The first-order valence-electron chi connectivity index (χ1n) is 11.0. The smallest absolute Gasteiger partial charge is 0.212 e. The number of hydrogen-bond acceptors (Lipinski definition) is 5. The number of nitrogens with one attached hydrogen (secondary N) is 1. The van der Waals surface area contributed by atoms with Crippen LogP contribution in [0.2, 0.25) is 0 Å². The zero-order valence-corrected chi connectivity index (χ0v) is 19.5. The summed E-state index contributed by atoms with van der Waals surface area (Å²) in [4.78, 5) is 14.7. The van der Waals surface area contributed by atoms with E-state index in [0.717, 1.165) is 16.0 Å². The predicted molar refractivity (Wildman–Crippen MR) is 123 cm³/mol. The van der Waals surface area contributed by atoms with Crippen LogP contribution in [0.3, 0.4) is 0 Å². The lowest BCUT2D eigenvalue weighted by Crippen LogP contribution is -3.12. The fourth-order valence-electron chi connectivity index (χ4n) is 5.38. The predicted octanol–water partition coefficient (Wildman–Crippen LogP) is 3.43. The summed E-state index contributed by atoms with van der Waals surface area (Å²) in [7, 11) is 3.10. The molecular weight excluding hydrogens is 414 g/mol. The van der Waals surface area contributed by atoms with Gasteiger partial charge in [0.15, 0.2) is 29.4 Å². The summed E-state index contributed by atoms with van der Waals surface area (Å²) in [5.74, 6) is 0.402. The third-order valence-corrected chi connectivity index (χ3v) is 6.89. The van der Waals surface area contributed by atoms with Crippen molar-refractivity contribution >= 4 is 11.9 Å². The zero-order valence-electron chi connectivity index (χ0n) is 19.5. The number of nitriles is 2. The van der Waals surface area contributed by atoms with E-state index in [0.29, 0.717) is 17.1 Å². The number of hydrogen-bond donors (Lipinski definition) is 1. The standard InChI is InChI=1S/C27H27N3O3/c1-26(2,3)25(31)23-22(18-10-11-20(32-4)21(14-18)33-5)27(15-28,16-29)24-19-9-7-6-8-17(19)12-13-30(23)24/h6-14,22-24H,1-5H3/p+1/t22-,23+,24-/m0/s1. The molecule has 6 nitrogen and oxygen atoms in total. The van der Waals surface area contributed by atoms with Crippen molar-refractivity contribution in [3.63, 3.8) is 0 Å². The molecular formula is C27H28N3O3+. The van der Waals surface area contributed by atoms with Gasteiger partial charge in [-0.25, -0.2) is 0 Å². The van der Waals surface area contributed by atoms with Gasteiger partial charge in [-0.15, -0.1) is 0 Å². The van der Waals surface area contributed by atoms with Gasteiger partial charge in [0.2, 0.25) is 5.41 Å². The molecule has 33 heavy (non-hydrogen) atoms. The minimum atomic E-state index is -1.46. The molecule has 2 aliphatic rings. The number of ether oxygens (including phenoxy) is 2. The van der Waals surface area contributed by atoms with E-state index in [1.165, 1.54) is 0 Å². The summed E-state index contributed by atoms with van der Waals surface area (Å²) in [5, 5.41) is 21.1. The number of fused-ring (bicyclic) bond motifs is 3. The van der Waals surface area contributed by atoms with Gasteiger partial charge in [0.05, 0.1) is 38.5 Å². The van der Waals surface area contributed by atoms with Crippen molar-refractivity contribution in [2.75, 3.05) is 14.2 Å². The van der Waals surface area contributed by atoms with Crippen molar-refractivity contribution < 1.29 is 19.2 Å². The molecule has 2 aromatic rings. The van der Waals surface area contributed by atoms with Gasteiger partial charge in [0, 0.05) is 11.0 Å². The average molecular weight is 443 g/mol. The van der Waals surface area contributed by atoms with Crippen LogP contribution in [0.15, 0.2) is 48.7 Å². The molecule has 168 valence electrons. The lowest BCUT2D eigenvalue weighted by atomic mass is 9.66. The average Bonchev–Trinajstić information content (AvgIpc) is 3.13. The number of carbonyl (C=O) groups is 1. The summed E-state index contributed by atoms with van der Waals surface area (Å²) in [6, 6.07) is 16.8. The normalized spacial score (nSPS) is 24.7. The number of nitrogens with zero attached hydrogens (tertiary/aromatic N) is 2. The van der Waals surface area contributed by atoms with Crippen molar-refractivity contribution in [1.29, 1.82) is 10.5 Å². The number of benzene rings is 2. The number of ketones is 1. The van der Waals surface area contributed by atoms with Crippen LogP contribution >= 0.6 is 0 Å². The van der Waals surface area contributed by atoms with Gasteiger partial charge < -0.3 is 9.47 Å². The molecule has 0 aromatic heterocycles. The third kappa shape index (κ3) is 3.30. The van der Waals surface area contributed by atoms with Gasteiger partial charge in [-0.3, -0.25) is 9.69 Å². The number of Topliss-reactive ketones (excluding diaryl/α,β-unsaturated/α-hetero) is 1. The first-order valence-corrected chi connectivity index (χ1v) is 11.0. The van der Waals surface area contributed by atoms with Crippen molar-refractivity contribution in [2.24, 2.45) is 10.8 Å². The Morgan fingerprint density at radius 1 is 1.03 bits per heavy atom. The number of quaternary nitrogens is 1. The lowest BCUT2D eigenvalue weighted by molar-refractivity contribution is -0.885. The highest BCUT2D eigenvalue weighted by atomic mass is 16.5. The molecule has 0 radical (unpaired) electrons. The van der Waals surface area contributed by atoms with E-state index in [4.69, 9.17) is 9.47 Å². The van der Waals surface area contributed by atoms with Crippen LogP contribution in [0.5, 0.6) is 11.5 Å². The summed E-state index contributed by atoms with van der Waals surface area (Å²) in [6.45, 7) is 5.65. The second-order valence-corrected chi connectivity index (χ2v) is 9.67. The fraction of sp³-hybridized carbons (Fsp3) is 0.370. The van der Waals surface area contributed by atoms with Crippen LogP contribution in [0.1, 0.15) is 49.4 Å². The second-order valence-electron chi connectivity index (χ2n) is 9.67. The Hall–Kier alpha value is -3.61. The Morgan fingerprint density at radius 3 is 2.30 bits per heavy atom. The van der Waals surface area contributed by atoms with E-state index in [1.54, 1.807) is 26.4 Å². The minimum Gasteiger partial charge on any atom is -0.493 e. The highest BCUT2D eigenvalue weighted by Gasteiger charge is 2.68. The molecule has 4 rings (SSSR count). The van der Waals surface area contributed by atoms with E-state index in [9.17, 15) is 15.3 Å². The Labute approximate surface area is 194 Å². The first-order chi connectivity index (χ1) is 15.7. The molecule has 1 fully saturated rings. The van der Waals surface area contributed by atoms with Gasteiger partial charge in [-0.1, -0.05) is 51.1 Å². The second kappa shape index (κ2) is 8.06. The van der Waals surface area contributed by atoms with Gasteiger partial charge in [0.1, 0.15) is 0 Å². The van der Waals surface area contributed by atoms with Gasteiger partial charge >= 0.3 is 0 Å². The minimum absolute atomic E-state index is 0.0127. The molecule has 4 atom stereocenters. The summed E-state index contributed by atoms with van der Waals surface area (Å²) < 4.78 is 10.9. The van der Waals surface area contributed by atoms with E-state index in [1.807, 2.05) is 63.4 Å². The third-order valence-electron chi connectivity index (χ3n) is 6.89. The van der Waals surface area contributed by atoms with E-state index in [2.05, 4.69) is 12.1 Å². The Morgan fingerprint density at radius 2 is 1.70 bits per heavy atom. The Kier molecular flexibility index (Phi) is 5.52. The lowest BCUT2D eigenvalue weighted by Gasteiger charge is -2.31. The fourth-order valence-corrected chi connectivity index (χ4v) is 5.38. The van der Waals surface area contributed by atoms with Crippen molar-refractivity contribution in [3.05, 3.63) is 65.4 Å². The Bertz CT molecular complexity index is 1200. The number of methoxy groups -OCH3 is 2. The number of carbonyl (C=O) groups excluding carboxylic acids is 1. The molecule has 1 unspecified atom stereocenters. The largest absolute Gasteiger partial charge is 0.493 e. The van der Waals surface area contributed by atoms with E-state index in [-0.39, 0.29) is 5.78 Å². The molecule has 0 aliphatic carbocycles. The maximum Gasteiger partial charge on any atom is 0.212 e. The summed E-state index contributed by atoms with van der Waals surface area (Å²) in [6.07, 6.45) is 3.94. The maximum absolute atomic E-state index is 13.9. The molecule has 0 spiro atoms. The quantitative estimate of drug-likeness (QED) is 0.784. The topological polar surface area (TPSA) is 87.5 Å². The molecule has 2 heterocycles. The SMILES string of the molecule is COc1ccc([C@H]2[C@H](C(=O)C(C)(C)C)[NH+]3C=Cc4ccccc4[C@H]3C2(C#N)C#N)cc1OC. The van der Waals surface area contributed by atoms with Gasteiger partial charge in [-0.05, 0) is 29.3 Å². The van der Waals surface area contributed by atoms with Crippen LogP contribution in [0, 0.1) is 33.5 Å². The highest BCUT2D eigenvalue weighted by Crippen LogP contribution is 2.53. The van der Waals surface area contributed by atoms with Crippen LogP contribution in [-0.4, -0.2) is 26.0 Å². The zero-order chi connectivity index (χ0) is 24.0. The van der Waals surface area contributed by atoms with Crippen molar-refractivity contribution in [3.8, 4) is 23.6 Å². The first kappa shape index (κ1) is 22.6. The molecule has 1 saturated heterocycles. The van der Waals surface area contributed by atoms with Crippen LogP contribution in [0.25, 0.3) is 6.08 Å². The van der Waals surface area contributed by atoms with Gasteiger partial charge in [-0.2, -0.15) is 10.5 Å². The molecule has 6 heteroatoms. The van der Waals surface area contributed by atoms with Crippen LogP contribution in [0.4, 0.5) is 0 Å². The molecule has 2 aromatic carbocycles. The highest BCUT2D eigenvalue weighted by molar-refractivity contribution is 5.89. The van der Waals surface area contributed by atoms with E-state index < -0.39 is 28.8 Å². The molecule has 2 aliphatic heterocycles. The van der Waals surface area contributed by atoms with E-state index >= 15 is 0 Å². The monoisotopic (exact) mass is 442 g/mol. The van der Waals surface area contributed by atoms with Crippen LogP contribution in [-0.2, 0) is 4.79 Å². The van der Waals surface area contributed by atoms with Gasteiger partial charge in [0.25, 0.3) is 0 Å².